The van der Waals surface area contributed by atoms with Gasteiger partial charge in [0.15, 0.2) is 0 Å². The first-order valence-electron chi connectivity index (χ1n) is 10.7. The molecule has 0 aliphatic carbocycles. The number of hydrogen-bond acceptors (Lipinski definition) is 4. The maximum Gasteiger partial charge on any atom is 0.253 e. The van der Waals surface area contributed by atoms with Crippen molar-refractivity contribution in [3.05, 3.63) is 63.9 Å². The van der Waals surface area contributed by atoms with E-state index in [0.29, 0.717) is 62.0 Å². The molecule has 0 unspecified atom stereocenters. The van der Waals surface area contributed by atoms with Gasteiger partial charge >= 0.3 is 0 Å². The predicted octanol–water partition coefficient (Wildman–Crippen LogP) is 3.78. The average Bonchev–Trinajstić information content (AvgIpc) is 2.76. The van der Waals surface area contributed by atoms with Crippen LogP contribution in [0.4, 0.5) is 4.39 Å². The average molecular weight is 482 g/mol. The molecule has 1 fully saturated rings. The lowest BCUT2D eigenvalue weighted by Crippen LogP contribution is -2.48. The van der Waals surface area contributed by atoms with Crippen LogP contribution in [-0.4, -0.2) is 67.7 Å². The van der Waals surface area contributed by atoms with Gasteiger partial charge in [-0.1, -0.05) is 37.6 Å². The lowest BCUT2D eigenvalue weighted by atomic mass is 10.1. The Labute approximate surface area is 194 Å². The van der Waals surface area contributed by atoms with Crippen LogP contribution in [0, 0.1) is 12.7 Å². The van der Waals surface area contributed by atoms with Crippen LogP contribution in [0.3, 0.4) is 0 Å². The van der Waals surface area contributed by atoms with Crippen LogP contribution >= 0.6 is 11.6 Å². The molecule has 174 valence electrons. The fourth-order valence-electron chi connectivity index (χ4n) is 3.90. The molecule has 2 aromatic carbocycles. The summed E-state index contributed by atoms with van der Waals surface area (Å²) in [7, 11) is -3.65. The molecule has 32 heavy (non-hydrogen) atoms. The summed E-state index contributed by atoms with van der Waals surface area (Å²) in [6, 6.07) is 9.25. The second-order valence-electron chi connectivity index (χ2n) is 7.87. The van der Waals surface area contributed by atoms with Crippen LogP contribution in [-0.2, 0) is 16.6 Å². The van der Waals surface area contributed by atoms with Crippen molar-refractivity contribution in [3.63, 3.8) is 0 Å². The lowest BCUT2D eigenvalue weighted by Gasteiger charge is -2.35. The van der Waals surface area contributed by atoms with Gasteiger partial charge in [-0.05, 0) is 42.3 Å². The highest BCUT2D eigenvalue weighted by molar-refractivity contribution is 7.89. The van der Waals surface area contributed by atoms with Crippen LogP contribution in [0.15, 0.2) is 41.3 Å². The number of rotatable bonds is 7. The van der Waals surface area contributed by atoms with Crippen LogP contribution in [0.5, 0.6) is 0 Å². The fraction of sp³-hybridized carbons (Fsp3) is 0.435. The summed E-state index contributed by atoms with van der Waals surface area (Å²) >= 11 is 6.13. The highest BCUT2D eigenvalue weighted by Crippen LogP contribution is 2.23. The Hall–Kier alpha value is -2.00. The van der Waals surface area contributed by atoms with Gasteiger partial charge in [0, 0.05) is 56.4 Å². The minimum atomic E-state index is -3.65. The summed E-state index contributed by atoms with van der Waals surface area (Å²) in [5.41, 5.74) is 1.84. The zero-order valence-corrected chi connectivity index (χ0v) is 20.2. The Morgan fingerprint density at radius 2 is 1.72 bits per heavy atom. The van der Waals surface area contributed by atoms with Crippen molar-refractivity contribution in [2.24, 2.45) is 0 Å². The summed E-state index contributed by atoms with van der Waals surface area (Å²) in [4.78, 5) is 17.2. The van der Waals surface area contributed by atoms with E-state index >= 15 is 0 Å². The van der Waals surface area contributed by atoms with Gasteiger partial charge in [0.05, 0.1) is 4.90 Å². The minimum Gasteiger partial charge on any atom is -0.336 e. The Balaban J connectivity index is 1.70. The molecule has 0 saturated carbocycles. The molecule has 6 nitrogen and oxygen atoms in total. The second-order valence-corrected chi connectivity index (χ2v) is 10.2. The van der Waals surface area contributed by atoms with Gasteiger partial charge in [-0.2, -0.15) is 4.31 Å². The molecular weight excluding hydrogens is 453 g/mol. The molecule has 0 atom stereocenters. The lowest BCUT2D eigenvalue weighted by molar-refractivity contribution is 0.0628. The largest absolute Gasteiger partial charge is 0.336 e. The Morgan fingerprint density at radius 1 is 1.06 bits per heavy atom. The van der Waals surface area contributed by atoms with Crippen molar-refractivity contribution in [3.8, 4) is 0 Å². The molecule has 3 rings (SSSR count). The number of benzene rings is 2. The normalized spacial score (nSPS) is 15.4. The zero-order valence-electron chi connectivity index (χ0n) is 18.6. The number of carbonyl (C=O) groups excluding carboxylic acids is 1. The number of amides is 1. The smallest absolute Gasteiger partial charge is 0.253 e. The van der Waals surface area contributed by atoms with Crippen LogP contribution in [0.2, 0.25) is 5.02 Å². The van der Waals surface area contributed by atoms with Crippen molar-refractivity contribution in [1.29, 1.82) is 0 Å². The van der Waals surface area contributed by atoms with E-state index in [1.165, 1.54) is 22.5 Å². The second kappa shape index (κ2) is 10.3. The van der Waals surface area contributed by atoms with Crippen LogP contribution in [0.1, 0.15) is 35.3 Å². The number of nitrogens with zero attached hydrogens (tertiary/aromatic N) is 3. The third kappa shape index (κ3) is 5.31. The standard InChI is InChI=1S/C23H29ClFN3O3S/c1-4-28(5-2)32(30,31)22-14-18(7-6-17(22)3)23(29)27-12-10-26(11-13-27)16-19-8-9-20(25)15-21(19)24/h6-9,14-15H,4-5,10-13,16H2,1-3H3. The van der Waals surface area contributed by atoms with Gasteiger partial charge in [-0.3, -0.25) is 9.69 Å². The van der Waals surface area contributed by atoms with Gasteiger partial charge in [0.1, 0.15) is 5.82 Å². The van der Waals surface area contributed by atoms with Crippen molar-refractivity contribution >= 4 is 27.5 Å². The van der Waals surface area contributed by atoms with E-state index < -0.39 is 10.0 Å². The summed E-state index contributed by atoms with van der Waals surface area (Å²) < 4.78 is 40.6. The van der Waals surface area contributed by atoms with E-state index in [0.717, 1.165) is 5.56 Å². The Morgan fingerprint density at radius 3 is 2.31 bits per heavy atom. The monoisotopic (exact) mass is 481 g/mol. The maximum atomic E-state index is 13.3. The van der Waals surface area contributed by atoms with Gasteiger partial charge in [0.25, 0.3) is 5.91 Å². The molecule has 0 N–H and O–H groups in total. The third-order valence-electron chi connectivity index (χ3n) is 5.83. The van der Waals surface area contributed by atoms with Gasteiger partial charge in [0.2, 0.25) is 10.0 Å². The summed E-state index contributed by atoms with van der Waals surface area (Å²) in [6.07, 6.45) is 0. The molecule has 1 aliphatic heterocycles. The zero-order chi connectivity index (χ0) is 23.5. The van der Waals surface area contributed by atoms with Gasteiger partial charge < -0.3 is 4.90 Å². The molecule has 9 heteroatoms. The van der Waals surface area contributed by atoms with E-state index in [-0.39, 0.29) is 16.6 Å². The molecule has 0 spiro atoms. The quantitative estimate of drug-likeness (QED) is 0.604. The molecule has 1 aliphatic rings. The minimum absolute atomic E-state index is 0.177. The molecular formula is C23H29ClFN3O3S. The number of piperazine rings is 1. The number of sulfonamides is 1. The molecule has 0 bridgehead atoms. The van der Waals surface area contributed by atoms with Crippen molar-refractivity contribution in [1.82, 2.24) is 14.1 Å². The number of hydrogen-bond donors (Lipinski definition) is 0. The van der Waals surface area contributed by atoms with E-state index in [1.807, 2.05) is 0 Å². The molecule has 0 radical (unpaired) electrons. The van der Waals surface area contributed by atoms with E-state index in [9.17, 15) is 17.6 Å². The van der Waals surface area contributed by atoms with Gasteiger partial charge in [-0.25, -0.2) is 12.8 Å². The maximum absolute atomic E-state index is 13.3. The first kappa shape index (κ1) is 24.6. The van der Waals surface area contributed by atoms with E-state index in [4.69, 9.17) is 11.6 Å². The molecule has 2 aromatic rings. The Bertz CT molecular complexity index is 1080. The predicted molar refractivity (Wildman–Crippen MR) is 124 cm³/mol. The fourth-order valence-corrected chi connectivity index (χ4v) is 5.83. The summed E-state index contributed by atoms with van der Waals surface area (Å²) in [5, 5.41) is 0.394. The number of carbonyl (C=O) groups is 1. The Kier molecular flexibility index (Phi) is 7.92. The van der Waals surface area contributed by atoms with E-state index in [2.05, 4.69) is 4.90 Å². The first-order valence-corrected chi connectivity index (χ1v) is 12.6. The molecule has 1 saturated heterocycles. The van der Waals surface area contributed by atoms with Gasteiger partial charge in [-0.15, -0.1) is 0 Å². The summed E-state index contributed by atoms with van der Waals surface area (Å²) in [6.45, 7) is 8.99. The SMILES string of the molecule is CCN(CC)S(=O)(=O)c1cc(C(=O)N2CCN(Cc3ccc(F)cc3Cl)CC2)ccc1C. The van der Waals surface area contributed by atoms with Crippen LogP contribution < -0.4 is 0 Å². The molecule has 1 heterocycles. The first-order chi connectivity index (χ1) is 15.2. The van der Waals surface area contributed by atoms with E-state index in [1.54, 1.807) is 43.9 Å². The highest BCUT2D eigenvalue weighted by atomic mass is 35.5. The summed E-state index contributed by atoms with van der Waals surface area (Å²) in [5.74, 6) is -0.546. The van der Waals surface area contributed by atoms with Crippen molar-refractivity contribution in [2.45, 2.75) is 32.2 Å². The molecule has 1 amide bonds. The number of halogens is 2. The topological polar surface area (TPSA) is 60.9 Å². The highest BCUT2D eigenvalue weighted by Gasteiger charge is 2.27. The van der Waals surface area contributed by atoms with Crippen molar-refractivity contribution in [2.75, 3.05) is 39.3 Å². The third-order valence-corrected chi connectivity index (χ3v) is 8.37. The van der Waals surface area contributed by atoms with Crippen molar-refractivity contribution < 1.29 is 17.6 Å². The molecule has 0 aromatic heterocycles. The van der Waals surface area contributed by atoms with Crippen LogP contribution in [0.25, 0.3) is 0 Å². The number of aryl methyl sites for hydroxylation is 1.